The van der Waals surface area contributed by atoms with Crippen molar-refractivity contribution in [1.29, 1.82) is 0 Å². The summed E-state index contributed by atoms with van der Waals surface area (Å²) in [6.45, 7) is 0. The van der Waals surface area contributed by atoms with Gasteiger partial charge in [-0.15, -0.1) is 0 Å². The molecule has 0 saturated heterocycles. The minimum atomic E-state index is -4.27. The van der Waals surface area contributed by atoms with Crippen LogP contribution in [0.2, 0.25) is 0 Å². The molecule has 0 saturated carbocycles. The summed E-state index contributed by atoms with van der Waals surface area (Å²) < 4.78 is 77.9. The second-order valence-corrected chi connectivity index (χ2v) is 7.95. The smallest absolute Gasteiger partial charge is 0.264 e. The Bertz CT molecular complexity index is 927. The lowest BCUT2D eigenvalue weighted by atomic mass is 10.3. The molecule has 2 N–H and O–H groups in total. The third-order valence-corrected chi connectivity index (χ3v) is 5.71. The van der Waals surface area contributed by atoms with Gasteiger partial charge >= 0.3 is 0 Å². The molecule has 124 valence electrons. The van der Waals surface area contributed by atoms with Crippen LogP contribution in [0.25, 0.3) is 0 Å². The predicted molar refractivity (Wildman–Crippen MR) is 79.9 cm³/mol. The Balaban J connectivity index is 2.31. The lowest BCUT2D eigenvalue weighted by Gasteiger charge is -2.09. The fraction of sp³-hybridized carbons (Fsp3) is 0.0769. The number of sulfonamides is 2. The van der Waals surface area contributed by atoms with Crippen molar-refractivity contribution in [2.24, 2.45) is 0 Å². The van der Waals surface area contributed by atoms with E-state index >= 15 is 0 Å². The average molecular weight is 362 g/mol. The highest BCUT2D eigenvalue weighted by Gasteiger charge is 2.20. The third-order valence-electron chi connectivity index (χ3n) is 2.87. The highest BCUT2D eigenvalue weighted by molar-refractivity contribution is 7.92. The van der Waals surface area contributed by atoms with Gasteiger partial charge in [0.05, 0.1) is 4.90 Å². The lowest BCUT2D eigenvalue weighted by Crippen LogP contribution is -2.18. The van der Waals surface area contributed by atoms with E-state index in [1.165, 1.54) is 31.3 Å². The highest BCUT2D eigenvalue weighted by atomic mass is 32.2. The fourth-order valence-corrected chi connectivity index (χ4v) is 3.57. The van der Waals surface area contributed by atoms with Crippen molar-refractivity contribution in [3.63, 3.8) is 0 Å². The first kappa shape index (κ1) is 17.3. The van der Waals surface area contributed by atoms with E-state index in [1.54, 1.807) is 0 Å². The molecule has 0 atom stereocenters. The van der Waals surface area contributed by atoms with Gasteiger partial charge in [-0.1, -0.05) is 0 Å². The zero-order valence-corrected chi connectivity index (χ0v) is 13.4. The lowest BCUT2D eigenvalue weighted by molar-refractivity contribution is 0.551. The van der Waals surface area contributed by atoms with Crippen molar-refractivity contribution in [3.8, 4) is 0 Å². The number of halogens is 2. The largest absolute Gasteiger partial charge is 0.280 e. The van der Waals surface area contributed by atoms with Crippen molar-refractivity contribution in [3.05, 3.63) is 54.1 Å². The fourth-order valence-electron chi connectivity index (χ4n) is 1.72. The first-order chi connectivity index (χ1) is 10.7. The topological polar surface area (TPSA) is 92.3 Å². The summed E-state index contributed by atoms with van der Waals surface area (Å²) in [4.78, 5) is -0.776. The molecule has 0 aromatic heterocycles. The molecule has 6 nitrogen and oxygen atoms in total. The molecule has 0 aliphatic carbocycles. The van der Waals surface area contributed by atoms with Gasteiger partial charge in [-0.25, -0.2) is 30.3 Å². The van der Waals surface area contributed by atoms with Crippen LogP contribution in [-0.4, -0.2) is 23.9 Å². The normalized spacial score (nSPS) is 12.1. The summed E-state index contributed by atoms with van der Waals surface area (Å²) >= 11 is 0. The second-order valence-electron chi connectivity index (χ2n) is 4.41. The number of rotatable bonds is 5. The van der Waals surface area contributed by atoms with Crippen molar-refractivity contribution in [2.75, 3.05) is 11.8 Å². The van der Waals surface area contributed by atoms with E-state index in [2.05, 4.69) is 9.44 Å². The summed E-state index contributed by atoms with van der Waals surface area (Å²) in [5.74, 6) is -2.13. The number of benzene rings is 2. The molecule has 2 aromatic carbocycles. The number of anilines is 1. The van der Waals surface area contributed by atoms with E-state index in [9.17, 15) is 25.6 Å². The molecule has 0 bridgehead atoms. The van der Waals surface area contributed by atoms with Crippen molar-refractivity contribution >= 4 is 25.7 Å². The van der Waals surface area contributed by atoms with Crippen LogP contribution < -0.4 is 9.44 Å². The Morgan fingerprint density at radius 2 is 1.48 bits per heavy atom. The van der Waals surface area contributed by atoms with Crippen LogP contribution in [0.5, 0.6) is 0 Å². The first-order valence-corrected chi connectivity index (χ1v) is 9.14. The van der Waals surface area contributed by atoms with Gasteiger partial charge in [0.1, 0.15) is 16.5 Å². The van der Waals surface area contributed by atoms with Gasteiger partial charge in [-0.2, -0.15) is 0 Å². The zero-order valence-electron chi connectivity index (χ0n) is 11.7. The van der Waals surface area contributed by atoms with Crippen LogP contribution in [0.1, 0.15) is 0 Å². The maximum atomic E-state index is 13.6. The maximum absolute atomic E-state index is 13.6. The molecule has 2 rings (SSSR count). The Kier molecular flexibility index (Phi) is 4.68. The molecule has 0 unspecified atom stereocenters. The molecule has 0 amide bonds. The highest BCUT2D eigenvalue weighted by Crippen LogP contribution is 2.20. The van der Waals surface area contributed by atoms with Crippen molar-refractivity contribution in [2.45, 2.75) is 9.79 Å². The van der Waals surface area contributed by atoms with E-state index in [1.807, 2.05) is 0 Å². The van der Waals surface area contributed by atoms with Crippen molar-refractivity contribution in [1.82, 2.24) is 4.72 Å². The molecule has 0 aliphatic rings. The predicted octanol–water partition coefficient (Wildman–Crippen LogP) is 1.67. The van der Waals surface area contributed by atoms with Gasteiger partial charge in [0.15, 0.2) is 0 Å². The van der Waals surface area contributed by atoms with E-state index in [-0.39, 0.29) is 10.6 Å². The van der Waals surface area contributed by atoms with Crippen LogP contribution in [-0.2, 0) is 20.0 Å². The summed E-state index contributed by atoms with van der Waals surface area (Å²) in [5, 5.41) is 0. The minimum absolute atomic E-state index is 0.0313. The van der Waals surface area contributed by atoms with Gasteiger partial charge in [0.2, 0.25) is 10.0 Å². The zero-order chi connectivity index (χ0) is 17.3. The number of hydrogen-bond acceptors (Lipinski definition) is 4. The molecule has 0 aliphatic heterocycles. The quantitative estimate of drug-likeness (QED) is 0.846. The van der Waals surface area contributed by atoms with Gasteiger partial charge < -0.3 is 0 Å². The summed E-state index contributed by atoms with van der Waals surface area (Å²) in [6, 6.07) is 6.87. The molecule has 2 aromatic rings. The van der Waals surface area contributed by atoms with E-state index in [0.717, 1.165) is 12.1 Å². The molecule has 23 heavy (non-hydrogen) atoms. The molecule has 0 heterocycles. The van der Waals surface area contributed by atoms with Gasteiger partial charge in [0.25, 0.3) is 10.0 Å². The standard InChI is InChI=1S/C13H12F2N2O4S2/c1-16-22(18,19)11-5-3-10(4-6-11)17-23(20,21)13-7-2-9(14)8-12(13)15/h2-8,16-17H,1H3. The summed E-state index contributed by atoms with van der Waals surface area (Å²) in [7, 11) is -6.68. The monoisotopic (exact) mass is 362 g/mol. The Morgan fingerprint density at radius 1 is 0.870 bits per heavy atom. The van der Waals surface area contributed by atoms with Crippen molar-refractivity contribution < 1.29 is 25.6 Å². The van der Waals surface area contributed by atoms with Crippen LogP contribution in [0.3, 0.4) is 0 Å². The van der Waals surface area contributed by atoms with Crippen LogP contribution in [0.4, 0.5) is 14.5 Å². The van der Waals surface area contributed by atoms with Crippen LogP contribution in [0.15, 0.2) is 52.3 Å². The Morgan fingerprint density at radius 3 is 2.00 bits per heavy atom. The third kappa shape index (κ3) is 3.84. The Hall–Kier alpha value is -2.04. The minimum Gasteiger partial charge on any atom is -0.280 e. The first-order valence-electron chi connectivity index (χ1n) is 6.17. The van der Waals surface area contributed by atoms with Gasteiger partial charge in [-0.05, 0) is 43.4 Å². The van der Waals surface area contributed by atoms with Crippen LogP contribution >= 0.6 is 0 Å². The molecule has 10 heteroatoms. The molecular weight excluding hydrogens is 350 g/mol. The van der Waals surface area contributed by atoms with Gasteiger partial charge in [-0.3, -0.25) is 4.72 Å². The second kappa shape index (κ2) is 6.22. The SMILES string of the molecule is CNS(=O)(=O)c1ccc(NS(=O)(=O)c2ccc(F)cc2F)cc1. The number of nitrogens with one attached hydrogen (secondary N) is 2. The van der Waals surface area contributed by atoms with Crippen LogP contribution in [0, 0.1) is 11.6 Å². The average Bonchev–Trinajstić information content (AvgIpc) is 2.47. The van der Waals surface area contributed by atoms with E-state index in [4.69, 9.17) is 0 Å². The molecular formula is C13H12F2N2O4S2. The molecule has 0 fully saturated rings. The Labute approximate surface area is 132 Å². The van der Waals surface area contributed by atoms with E-state index < -0.39 is 36.6 Å². The summed E-state index contributed by atoms with van der Waals surface area (Å²) in [6.07, 6.45) is 0. The summed E-state index contributed by atoms with van der Waals surface area (Å²) in [5.41, 5.74) is 0.0313. The van der Waals surface area contributed by atoms with Gasteiger partial charge in [0, 0.05) is 11.8 Å². The number of hydrogen-bond donors (Lipinski definition) is 2. The maximum Gasteiger partial charge on any atom is 0.264 e. The molecule has 0 radical (unpaired) electrons. The van der Waals surface area contributed by atoms with E-state index in [0.29, 0.717) is 6.07 Å². The molecule has 0 spiro atoms.